The molecule has 2 heterocycles. The molecule has 2 saturated heterocycles. The molecule has 2 amide bonds. The summed E-state index contributed by atoms with van der Waals surface area (Å²) in [5, 5.41) is 10.3. The minimum Gasteiger partial charge on any atom is -0.381 e. The molecule has 0 atom stereocenters. The fourth-order valence-corrected chi connectivity index (χ4v) is 3.76. The number of rotatable bonds is 2. The van der Waals surface area contributed by atoms with E-state index in [9.17, 15) is 10.1 Å². The lowest BCUT2D eigenvalue weighted by Crippen LogP contribution is -2.49. The molecule has 2 fully saturated rings. The van der Waals surface area contributed by atoms with Gasteiger partial charge in [0.1, 0.15) is 0 Å². The number of likely N-dealkylation sites (tertiary alicyclic amines) is 1. The monoisotopic (exact) mass is 373 g/mol. The highest BCUT2D eigenvalue weighted by molar-refractivity contribution is 6.30. The molecule has 2 aliphatic heterocycles. The van der Waals surface area contributed by atoms with E-state index in [1.165, 1.54) is 0 Å². The SMILES string of the molecule is CN(C(=O)N1CCC(=C(C#N)c2ccc(Cl)cc2)CC1)C1CCOCC1. The highest BCUT2D eigenvalue weighted by Crippen LogP contribution is 2.28. The Morgan fingerprint density at radius 2 is 1.85 bits per heavy atom. The number of piperidine rings is 1. The number of nitriles is 1. The van der Waals surface area contributed by atoms with Crippen molar-refractivity contribution in [3.05, 3.63) is 40.4 Å². The van der Waals surface area contributed by atoms with E-state index in [1.807, 2.05) is 29.0 Å². The average Bonchev–Trinajstić information content (AvgIpc) is 2.70. The van der Waals surface area contributed by atoms with Crippen LogP contribution in [0.3, 0.4) is 0 Å². The van der Waals surface area contributed by atoms with Crippen LogP contribution in [0.5, 0.6) is 0 Å². The van der Waals surface area contributed by atoms with Gasteiger partial charge >= 0.3 is 6.03 Å². The van der Waals surface area contributed by atoms with Crippen molar-refractivity contribution < 1.29 is 9.53 Å². The van der Waals surface area contributed by atoms with Crippen molar-refractivity contribution in [3.8, 4) is 6.07 Å². The van der Waals surface area contributed by atoms with E-state index in [0.29, 0.717) is 23.7 Å². The first-order valence-electron chi connectivity index (χ1n) is 9.07. The lowest BCUT2D eigenvalue weighted by molar-refractivity contribution is 0.0460. The second-order valence-electron chi connectivity index (χ2n) is 6.82. The molecule has 26 heavy (non-hydrogen) atoms. The van der Waals surface area contributed by atoms with Crippen LogP contribution in [0.25, 0.3) is 5.57 Å². The van der Waals surface area contributed by atoms with Gasteiger partial charge in [-0.05, 0) is 49.0 Å². The van der Waals surface area contributed by atoms with Crippen molar-refractivity contribution in [1.82, 2.24) is 9.80 Å². The van der Waals surface area contributed by atoms with Gasteiger partial charge in [0.2, 0.25) is 0 Å². The molecule has 0 spiro atoms. The summed E-state index contributed by atoms with van der Waals surface area (Å²) in [5.74, 6) is 0. The Morgan fingerprint density at radius 1 is 1.23 bits per heavy atom. The van der Waals surface area contributed by atoms with Crippen LogP contribution in [-0.2, 0) is 4.74 Å². The number of carbonyl (C=O) groups excluding carboxylic acids is 1. The van der Waals surface area contributed by atoms with Crippen LogP contribution in [0.15, 0.2) is 29.8 Å². The average molecular weight is 374 g/mol. The van der Waals surface area contributed by atoms with Gasteiger partial charge in [-0.25, -0.2) is 4.79 Å². The summed E-state index contributed by atoms with van der Waals surface area (Å²) in [6.45, 7) is 2.75. The van der Waals surface area contributed by atoms with E-state index in [-0.39, 0.29) is 12.1 Å². The molecule has 0 N–H and O–H groups in total. The summed E-state index contributed by atoms with van der Waals surface area (Å²) in [6.07, 6.45) is 3.27. The molecule has 5 nitrogen and oxygen atoms in total. The molecule has 1 aromatic rings. The standard InChI is InChI=1S/C20H24ClN3O2/c1-23(18-8-12-26-13-9-18)20(25)24-10-6-16(7-11-24)19(14-22)15-2-4-17(21)5-3-15/h2-5,18H,6-13H2,1H3. The number of allylic oxidation sites excluding steroid dienone is 1. The minimum atomic E-state index is 0.0842. The van der Waals surface area contributed by atoms with E-state index in [4.69, 9.17) is 16.3 Å². The predicted octanol–water partition coefficient (Wildman–Crippen LogP) is 3.94. The van der Waals surface area contributed by atoms with Gasteiger partial charge in [0.15, 0.2) is 0 Å². The largest absolute Gasteiger partial charge is 0.381 e. The van der Waals surface area contributed by atoms with Crippen LogP contribution in [0, 0.1) is 11.3 Å². The van der Waals surface area contributed by atoms with Crippen molar-refractivity contribution >= 4 is 23.2 Å². The van der Waals surface area contributed by atoms with Crippen LogP contribution < -0.4 is 0 Å². The summed E-state index contributed by atoms with van der Waals surface area (Å²) in [5.41, 5.74) is 2.73. The topological polar surface area (TPSA) is 56.6 Å². The van der Waals surface area contributed by atoms with Gasteiger partial charge in [0.05, 0.1) is 11.6 Å². The van der Waals surface area contributed by atoms with Crippen molar-refractivity contribution in [1.29, 1.82) is 5.26 Å². The molecular formula is C20H24ClN3O2. The fraction of sp³-hybridized carbons (Fsp3) is 0.500. The van der Waals surface area contributed by atoms with E-state index >= 15 is 0 Å². The minimum absolute atomic E-state index is 0.0842. The molecule has 0 saturated carbocycles. The maximum absolute atomic E-state index is 12.8. The maximum Gasteiger partial charge on any atom is 0.320 e. The Balaban J connectivity index is 1.65. The zero-order valence-electron chi connectivity index (χ0n) is 15.1. The number of hydrogen-bond donors (Lipinski definition) is 0. The number of carbonyl (C=O) groups is 1. The molecule has 0 radical (unpaired) electrons. The summed E-state index contributed by atoms with van der Waals surface area (Å²) in [6, 6.07) is 10.0. The summed E-state index contributed by atoms with van der Waals surface area (Å²) in [4.78, 5) is 16.5. The van der Waals surface area contributed by atoms with Gasteiger partial charge in [-0.15, -0.1) is 0 Å². The Hall–Kier alpha value is -2.03. The first-order chi connectivity index (χ1) is 12.6. The number of ether oxygens (including phenoxy) is 1. The molecule has 0 bridgehead atoms. The number of urea groups is 1. The number of nitrogens with zero attached hydrogens (tertiary/aromatic N) is 3. The molecule has 138 valence electrons. The first kappa shape index (κ1) is 18.8. The quantitative estimate of drug-likeness (QED) is 0.737. The third-order valence-electron chi connectivity index (χ3n) is 5.28. The van der Waals surface area contributed by atoms with Crippen LogP contribution in [-0.4, -0.2) is 55.2 Å². The van der Waals surface area contributed by atoms with E-state index in [2.05, 4.69) is 6.07 Å². The smallest absolute Gasteiger partial charge is 0.320 e. The van der Waals surface area contributed by atoms with Crippen LogP contribution in [0.1, 0.15) is 31.2 Å². The van der Waals surface area contributed by atoms with E-state index < -0.39 is 0 Å². The first-order valence-corrected chi connectivity index (χ1v) is 9.45. The molecule has 0 unspecified atom stereocenters. The lowest BCUT2D eigenvalue weighted by Gasteiger charge is -2.37. The van der Waals surface area contributed by atoms with Gasteiger partial charge in [-0.2, -0.15) is 5.26 Å². The number of amides is 2. The van der Waals surface area contributed by atoms with Crippen molar-refractivity contribution in [2.24, 2.45) is 0 Å². The van der Waals surface area contributed by atoms with Crippen molar-refractivity contribution in [2.45, 2.75) is 31.7 Å². The Bertz CT molecular complexity index is 708. The Labute approximate surface area is 159 Å². The molecule has 2 aliphatic rings. The summed E-state index contributed by atoms with van der Waals surface area (Å²) in [7, 11) is 1.89. The molecule has 6 heteroatoms. The summed E-state index contributed by atoms with van der Waals surface area (Å²) < 4.78 is 5.38. The molecule has 0 aliphatic carbocycles. The summed E-state index contributed by atoms with van der Waals surface area (Å²) >= 11 is 5.94. The number of benzene rings is 1. The van der Waals surface area contributed by atoms with E-state index in [1.54, 1.807) is 12.1 Å². The highest BCUT2D eigenvalue weighted by atomic mass is 35.5. The Kier molecular flexibility index (Phi) is 6.18. The van der Waals surface area contributed by atoms with Crippen LogP contribution in [0.4, 0.5) is 4.79 Å². The third kappa shape index (κ3) is 4.20. The van der Waals surface area contributed by atoms with Gasteiger partial charge in [-0.3, -0.25) is 0 Å². The lowest BCUT2D eigenvalue weighted by atomic mass is 9.94. The second-order valence-corrected chi connectivity index (χ2v) is 7.26. The maximum atomic E-state index is 12.8. The second kappa shape index (κ2) is 8.57. The van der Waals surface area contributed by atoms with Gasteiger partial charge in [0.25, 0.3) is 0 Å². The van der Waals surface area contributed by atoms with Gasteiger partial charge in [-0.1, -0.05) is 23.7 Å². The van der Waals surface area contributed by atoms with Gasteiger partial charge < -0.3 is 14.5 Å². The van der Waals surface area contributed by atoms with Gasteiger partial charge in [0, 0.05) is 44.4 Å². The highest BCUT2D eigenvalue weighted by Gasteiger charge is 2.28. The molecule has 3 rings (SSSR count). The Morgan fingerprint density at radius 3 is 2.42 bits per heavy atom. The molecular weight excluding hydrogens is 350 g/mol. The third-order valence-corrected chi connectivity index (χ3v) is 5.53. The zero-order chi connectivity index (χ0) is 18.5. The molecule has 1 aromatic carbocycles. The van der Waals surface area contributed by atoms with E-state index in [0.717, 1.165) is 50.0 Å². The number of hydrogen-bond acceptors (Lipinski definition) is 3. The fourth-order valence-electron chi connectivity index (χ4n) is 3.63. The zero-order valence-corrected chi connectivity index (χ0v) is 15.8. The molecule has 0 aromatic heterocycles. The van der Waals surface area contributed by atoms with Crippen molar-refractivity contribution in [2.75, 3.05) is 33.4 Å². The van der Waals surface area contributed by atoms with Crippen LogP contribution >= 0.6 is 11.6 Å². The normalized spacial score (nSPS) is 18.3. The van der Waals surface area contributed by atoms with Crippen LogP contribution in [0.2, 0.25) is 5.02 Å². The number of halogens is 1. The van der Waals surface area contributed by atoms with Crippen molar-refractivity contribution in [3.63, 3.8) is 0 Å². The predicted molar refractivity (Wildman–Crippen MR) is 102 cm³/mol.